The van der Waals surface area contributed by atoms with E-state index in [-0.39, 0.29) is 17.9 Å². The van der Waals surface area contributed by atoms with E-state index in [1.165, 1.54) is 11.3 Å². The Hall–Kier alpha value is -3.52. The topological polar surface area (TPSA) is 88.9 Å². The van der Waals surface area contributed by atoms with Crippen LogP contribution in [0.25, 0.3) is 10.3 Å². The summed E-state index contributed by atoms with van der Waals surface area (Å²) in [7, 11) is 0. The monoisotopic (exact) mass is 461 g/mol. The summed E-state index contributed by atoms with van der Waals surface area (Å²) in [5, 5.41) is 10.9. The van der Waals surface area contributed by atoms with Gasteiger partial charge in [-0.2, -0.15) is 10.1 Å². The molecule has 8 heteroatoms. The third kappa shape index (κ3) is 4.80. The molecule has 2 heterocycles. The Labute approximate surface area is 196 Å². The van der Waals surface area contributed by atoms with Gasteiger partial charge in [0.15, 0.2) is 16.5 Å². The number of aryl methyl sites for hydroxylation is 1. The molecule has 1 atom stereocenters. The summed E-state index contributed by atoms with van der Waals surface area (Å²) in [5.74, 6) is -0.523. The summed E-state index contributed by atoms with van der Waals surface area (Å²) >= 11 is 1.25. The number of benzene rings is 2. The molecule has 0 spiro atoms. The first-order valence-corrected chi connectivity index (χ1v) is 11.6. The van der Waals surface area contributed by atoms with Crippen molar-refractivity contribution >= 4 is 38.6 Å². The average Bonchev–Trinajstić information content (AvgIpc) is 3.32. The van der Waals surface area contributed by atoms with Gasteiger partial charge < -0.3 is 5.32 Å². The summed E-state index contributed by atoms with van der Waals surface area (Å²) in [6.45, 7) is 9.90. The minimum Gasteiger partial charge on any atom is -0.344 e. The molecule has 33 heavy (non-hydrogen) atoms. The fourth-order valence-electron chi connectivity index (χ4n) is 3.44. The number of aromatic nitrogens is 3. The van der Waals surface area contributed by atoms with Crippen molar-refractivity contribution in [3.8, 4) is 0 Å². The van der Waals surface area contributed by atoms with Crippen LogP contribution in [-0.4, -0.2) is 26.6 Å². The number of thiazole rings is 1. The zero-order chi connectivity index (χ0) is 23.8. The maximum Gasteiger partial charge on any atom is 0.273 e. The fraction of sp³-hybridized carbons (Fsp3) is 0.280. The number of carbonyl (C=O) groups excluding carboxylic acids is 2. The number of nitrogens with one attached hydrogen (secondary N) is 2. The van der Waals surface area contributed by atoms with E-state index in [4.69, 9.17) is 0 Å². The van der Waals surface area contributed by atoms with E-state index in [0.29, 0.717) is 26.7 Å². The Bertz CT molecular complexity index is 1300. The molecule has 0 fully saturated rings. The molecule has 0 saturated carbocycles. The van der Waals surface area contributed by atoms with Crippen molar-refractivity contribution in [1.82, 2.24) is 20.1 Å². The van der Waals surface area contributed by atoms with E-state index in [9.17, 15) is 9.59 Å². The quantitative estimate of drug-likeness (QED) is 0.422. The Morgan fingerprint density at radius 2 is 1.67 bits per heavy atom. The van der Waals surface area contributed by atoms with Gasteiger partial charge in [0.05, 0.1) is 11.6 Å². The minimum absolute atomic E-state index is 0.179. The second-order valence-corrected chi connectivity index (χ2v) is 10.0. The van der Waals surface area contributed by atoms with Crippen LogP contribution in [0.3, 0.4) is 0 Å². The Morgan fingerprint density at radius 3 is 2.30 bits per heavy atom. The van der Waals surface area contributed by atoms with E-state index >= 15 is 0 Å². The van der Waals surface area contributed by atoms with Crippen LogP contribution in [0.15, 0.2) is 54.6 Å². The summed E-state index contributed by atoms with van der Waals surface area (Å²) in [6, 6.07) is 16.9. The Morgan fingerprint density at radius 1 is 1.00 bits per heavy atom. The van der Waals surface area contributed by atoms with Crippen molar-refractivity contribution < 1.29 is 9.59 Å². The molecule has 0 bridgehead atoms. The molecular formula is C25H27N5O2S. The molecular weight excluding hydrogens is 434 g/mol. The van der Waals surface area contributed by atoms with Crippen LogP contribution in [0.2, 0.25) is 0 Å². The molecule has 0 aliphatic rings. The lowest BCUT2D eigenvalue weighted by Gasteiger charge is -2.19. The SMILES string of the molecule is Cc1ccc(C(=O)Nc2nc3c(s2)c(C(=O)N[C@H](C)c2ccccc2)nn3C(C)(C)C)cc1. The summed E-state index contributed by atoms with van der Waals surface area (Å²) in [4.78, 5) is 30.5. The summed E-state index contributed by atoms with van der Waals surface area (Å²) in [5.41, 5.74) is 3.12. The predicted octanol–water partition coefficient (Wildman–Crippen LogP) is 5.30. The Kier molecular flexibility index (Phi) is 6.03. The highest BCUT2D eigenvalue weighted by molar-refractivity contribution is 7.22. The van der Waals surface area contributed by atoms with Gasteiger partial charge in [-0.1, -0.05) is 59.4 Å². The van der Waals surface area contributed by atoms with Gasteiger partial charge in [0.25, 0.3) is 11.8 Å². The summed E-state index contributed by atoms with van der Waals surface area (Å²) in [6.07, 6.45) is 0. The first kappa shape index (κ1) is 22.7. The minimum atomic E-state index is -0.395. The van der Waals surface area contributed by atoms with Crippen LogP contribution in [0, 0.1) is 6.92 Å². The van der Waals surface area contributed by atoms with Crippen molar-refractivity contribution in [3.63, 3.8) is 0 Å². The molecule has 7 nitrogen and oxygen atoms in total. The lowest BCUT2D eigenvalue weighted by atomic mass is 10.1. The molecule has 170 valence electrons. The summed E-state index contributed by atoms with van der Waals surface area (Å²) < 4.78 is 2.38. The van der Waals surface area contributed by atoms with Crippen molar-refractivity contribution in [2.24, 2.45) is 0 Å². The van der Waals surface area contributed by atoms with E-state index < -0.39 is 5.54 Å². The highest BCUT2D eigenvalue weighted by Crippen LogP contribution is 2.32. The van der Waals surface area contributed by atoms with Gasteiger partial charge in [-0.25, -0.2) is 4.68 Å². The number of carbonyl (C=O) groups is 2. The number of rotatable bonds is 5. The molecule has 2 amide bonds. The zero-order valence-electron chi connectivity index (χ0n) is 19.3. The third-order valence-electron chi connectivity index (χ3n) is 5.26. The van der Waals surface area contributed by atoms with Crippen LogP contribution in [0.4, 0.5) is 5.13 Å². The smallest absolute Gasteiger partial charge is 0.273 e. The molecule has 2 aromatic heterocycles. The molecule has 0 radical (unpaired) electrons. The average molecular weight is 462 g/mol. The number of hydrogen-bond acceptors (Lipinski definition) is 5. The maximum absolute atomic E-state index is 13.2. The van der Waals surface area contributed by atoms with Gasteiger partial charge in [-0.3, -0.25) is 14.9 Å². The highest BCUT2D eigenvalue weighted by atomic mass is 32.1. The first-order valence-electron chi connectivity index (χ1n) is 10.8. The van der Waals surface area contributed by atoms with E-state index in [0.717, 1.165) is 11.1 Å². The number of amides is 2. The van der Waals surface area contributed by atoms with Gasteiger partial charge in [0.2, 0.25) is 0 Å². The molecule has 0 saturated heterocycles. The van der Waals surface area contributed by atoms with Crippen molar-refractivity contribution in [3.05, 3.63) is 77.0 Å². The number of hydrogen-bond donors (Lipinski definition) is 2. The number of anilines is 1. The third-order valence-corrected chi connectivity index (χ3v) is 6.22. The van der Waals surface area contributed by atoms with E-state index in [1.807, 2.05) is 77.1 Å². The first-order chi connectivity index (χ1) is 15.6. The number of fused-ring (bicyclic) bond motifs is 1. The van der Waals surface area contributed by atoms with Gasteiger partial charge in [-0.05, 0) is 52.3 Å². The molecule has 2 aromatic carbocycles. The Balaban J connectivity index is 1.65. The molecule has 2 N–H and O–H groups in total. The van der Waals surface area contributed by atoms with E-state index in [1.54, 1.807) is 16.8 Å². The van der Waals surface area contributed by atoms with Crippen molar-refractivity contribution in [2.75, 3.05) is 5.32 Å². The molecule has 4 rings (SSSR count). The molecule has 0 aliphatic heterocycles. The molecule has 0 aliphatic carbocycles. The largest absolute Gasteiger partial charge is 0.344 e. The second kappa shape index (κ2) is 8.78. The van der Waals surface area contributed by atoms with Crippen LogP contribution < -0.4 is 10.6 Å². The van der Waals surface area contributed by atoms with Crippen LogP contribution >= 0.6 is 11.3 Å². The maximum atomic E-state index is 13.2. The van der Waals surface area contributed by atoms with Crippen LogP contribution in [0.5, 0.6) is 0 Å². The lowest BCUT2D eigenvalue weighted by molar-refractivity contribution is 0.0934. The zero-order valence-corrected chi connectivity index (χ0v) is 20.2. The highest BCUT2D eigenvalue weighted by Gasteiger charge is 2.28. The lowest BCUT2D eigenvalue weighted by Crippen LogP contribution is -2.28. The standard InChI is InChI=1S/C25H27N5O2S/c1-15-11-13-18(14-12-15)22(31)28-24-27-21-20(33-24)19(29-30(21)25(3,4)5)23(32)26-16(2)17-9-7-6-8-10-17/h6-14,16H,1-5H3,(H,26,32)(H,27,28,31)/t16-/m1/s1. The number of nitrogens with zero attached hydrogens (tertiary/aromatic N) is 3. The van der Waals surface area contributed by atoms with Gasteiger partial charge >= 0.3 is 0 Å². The van der Waals surface area contributed by atoms with Crippen molar-refractivity contribution in [1.29, 1.82) is 0 Å². The second-order valence-electron chi connectivity index (χ2n) is 9.03. The molecule has 0 unspecified atom stereocenters. The van der Waals surface area contributed by atoms with Crippen LogP contribution in [0.1, 0.15) is 65.7 Å². The normalized spacial score (nSPS) is 12.5. The predicted molar refractivity (Wildman–Crippen MR) is 132 cm³/mol. The van der Waals surface area contributed by atoms with Crippen LogP contribution in [-0.2, 0) is 5.54 Å². The fourth-order valence-corrected chi connectivity index (χ4v) is 4.36. The van der Waals surface area contributed by atoms with Crippen molar-refractivity contribution in [2.45, 2.75) is 46.2 Å². The van der Waals surface area contributed by atoms with Gasteiger partial charge in [-0.15, -0.1) is 0 Å². The van der Waals surface area contributed by atoms with Gasteiger partial charge in [0, 0.05) is 5.56 Å². The van der Waals surface area contributed by atoms with Gasteiger partial charge in [0.1, 0.15) is 4.70 Å². The van der Waals surface area contributed by atoms with E-state index in [2.05, 4.69) is 20.7 Å². The molecule has 4 aromatic rings.